The molecule has 4 nitrogen and oxygen atoms in total. The van der Waals surface area contributed by atoms with Crippen molar-refractivity contribution < 1.29 is 17.6 Å². The Morgan fingerprint density at radius 2 is 1.69 bits per heavy atom. The van der Waals surface area contributed by atoms with Crippen molar-refractivity contribution in [2.75, 3.05) is 6.54 Å². The Labute approximate surface area is 169 Å². The number of amides is 1. The smallest absolute Gasteiger partial charge is 0.266 e. The third kappa shape index (κ3) is 3.68. The van der Waals surface area contributed by atoms with Gasteiger partial charge in [-0.25, -0.2) is 17.1 Å². The van der Waals surface area contributed by atoms with Crippen LogP contribution < -0.4 is 0 Å². The van der Waals surface area contributed by atoms with Gasteiger partial charge >= 0.3 is 0 Å². The number of carbonyl (C=O) groups is 1. The molecule has 0 spiro atoms. The maximum atomic E-state index is 13.9. The second kappa shape index (κ2) is 7.44. The Hall–Kier alpha value is -2.99. The van der Waals surface area contributed by atoms with E-state index in [1.807, 2.05) is 31.2 Å². The van der Waals surface area contributed by atoms with Gasteiger partial charge in [0.25, 0.3) is 10.0 Å². The fourth-order valence-electron chi connectivity index (χ4n) is 3.73. The van der Waals surface area contributed by atoms with Crippen molar-refractivity contribution in [2.45, 2.75) is 24.2 Å². The Kier molecular flexibility index (Phi) is 4.96. The lowest BCUT2D eigenvalue weighted by Crippen LogP contribution is -2.39. The standard InChI is InChI=1S/C23H20FNO3S/c1-16-9-11-20(12-10-16)29(27,28)25-15-22(17-6-4-7-19(24)13-17)21-8-3-2-5-18(21)14-23(25)26/h2-13,22H,14-15H2,1H3. The molecule has 0 N–H and O–H groups in total. The number of fused-ring (bicyclic) bond motifs is 1. The van der Waals surface area contributed by atoms with Crippen molar-refractivity contribution in [2.24, 2.45) is 0 Å². The predicted molar refractivity (Wildman–Crippen MR) is 108 cm³/mol. The van der Waals surface area contributed by atoms with Crippen LogP contribution in [-0.4, -0.2) is 25.2 Å². The molecule has 0 fully saturated rings. The van der Waals surface area contributed by atoms with E-state index in [1.54, 1.807) is 24.3 Å². The zero-order chi connectivity index (χ0) is 20.6. The molecule has 1 unspecified atom stereocenters. The summed E-state index contributed by atoms with van der Waals surface area (Å²) in [5, 5.41) is 0. The summed E-state index contributed by atoms with van der Waals surface area (Å²) in [5.74, 6) is -1.34. The van der Waals surface area contributed by atoms with Gasteiger partial charge in [0.05, 0.1) is 11.3 Å². The lowest BCUT2D eigenvalue weighted by molar-refractivity contribution is -0.125. The Morgan fingerprint density at radius 3 is 2.41 bits per heavy atom. The first-order chi connectivity index (χ1) is 13.9. The van der Waals surface area contributed by atoms with E-state index in [2.05, 4.69) is 0 Å². The summed E-state index contributed by atoms with van der Waals surface area (Å²) in [6, 6.07) is 19.9. The van der Waals surface area contributed by atoms with Crippen molar-refractivity contribution >= 4 is 15.9 Å². The summed E-state index contributed by atoms with van der Waals surface area (Å²) in [4.78, 5) is 13.1. The zero-order valence-electron chi connectivity index (χ0n) is 15.9. The van der Waals surface area contributed by atoms with Crippen molar-refractivity contribution in [1.29, 1.82) is 0 Å². The van der Waals surface area contributed by atoms with Gasteiger partial charge in [-0.2, -0.15) is 0 Å². The van der Waals surface area contributed by atoms with E-state index < -0.39 is 27.7 Å². The molecule has 29 heavy (non-hydrogen) atoms. The Morgan fingerprint density at radius 1 is 0.966 bits per heavy atom. The quantitative estimate of drug-likeness (QED) is 0.656. The molecule has 4 rings (SSSR count). The second-order valence-electron chi connectivity index (χ2n) is 7.23. The zero-order valence-corrected chi connectivity index (χ0v) is 16.7. The van der Waals surface area contributed by atoms with Crippen LogP contribution in [0.4, 0.5) is 4.39 Å². The predicted octanol–water partition coefficient (Wildman–Crippen LogP) is 4.04. The maximum absolute atomic E-state index is 13.9. The maximum Gasteiger partial charge on any atom is 0.266 e. The molecule has 0 bridgehead atoms. The largest absolute Gasteiger partial charge is 0.273 e. The molecule has 3 aromatic carbocycles. The minimum atomic E-state index is -4.03. The van der Waals surface area contributed by atoms with Gasteiger partial charge < -0.3 is 0 Å². The molecule has 0 aliphatic carbocycles. The molecule has 3 aromatic rings. The monoisotopic (exact) mass is 409 g/mol. The number of sulfonamides is 1. The number of carbonyl (C=O) groups excluding carboxylic acids is 1. The van der Waals surface area contributed by atoms with Crippen LogP contribution in [0.2, 0.25) is 0 Å². The van der Waals surface area contributed by atoms with Gasteiger partial charge in [-0.3, -0.25) is 4.79 Å². The molecule has 0 saturated heterocycles. The molecule has 1 heterocycles. The van der Waals surface area contributed by atoms with E-state index in [-0.39, 0.29) is 17.9 Å². The van der Waals surface area contributed by atoms with E-state index in [9.17, 15) is 17.6 Å². The van der Waals surface area contributed by atoms with Gasteiger partial charge in [-0.05, 0) is 47.9 Å². The van der Waals surface area contributed by atoms with Gasteiger partial charge in [0.2, 0.25) is 5.91 Å². The van der Waals surface area contributed by atoms with E-state index in [4.69, 9.17) is 0 Å². The fourth-order valence-corrected chi connectivity index (χ4v) is 5.14. The highest BCUT2D eigenvalue weighted by Gasteiger charge is 2.36. The van der Waals surface area contributed by atoms with E-state index >= 15 is 0 Å². The van der Waals surface area contributed by atoms with Crippen LogP contribution in [0.1, 0.15) is 28.2 Å². The second-order valence-corrected chi connectivity index (χ2v) is 9.09. The number of halogens is 1. The van der Waals surface area contributed by atoms with Gasteiger partial charge in [0.1, 0.15) is 5.82 Å². The minimum absolute atomic E-state index is 0.0208. The Bertz CT molecular complexity index is 1170. The average molecular weight is 409 g/mol. The first-order valence-electron chi connectivity index (χ1n) is 9.32. The molecule has 1 aliphatic heterocycles. The molecular formula is C23H20FNO3S. The number of hydrogen-bond donors (Lipinski definition) is 0. The molecule has 0 radical (unpaired) electrons. The van der Waals surface area contributed by atoms with Crippen LogP contribution in [0.15, 0.2) is 77.7 Å². The average Bonchev–Trinajstić information content (AvgIpc) is 2.84. The normalized spacial score (nSPS) is 17.0. The van der Waals surface area contributed by atoms with Crippen LogP contribution in [0.3, 0.4) is 0 Å². The first kappa shape index (κ1) is 19.3. The molecule has 148 valence electrons. The van der Waals surface area contributed by atoms with Gasteiger partial charge in [0.15, 0.2) is 0 Å². The SMILES string of the molecule is Cc1ccc(S(=O)(=O)N2CC(c3cccc(F)c3)c3ccccc3CC2=O)cc1. The molecule has 1 atom stereocenters. The van der Waals surface area contributed by atoms with Gasteiger partial charge in [-0.15, -0.1) is 0 Å². The summed E-state index contributed by atoms with van der Waals surface area (Å²) in [5.41, 5.74) is 3.16. The number of benzene rings is 3. The van der Waals surface area contributed by atoms with Gasteiger partial charge in [-0.1, -0.05) is 54.1 Å². The molecule has 0 saturated carbocycles. The number of hydrogen-bond acceptors (Lipinski definition) is 3. The lowest BCUT2D eigenvalue weighted by Gasteiger charge is -2.25. The summed E-state index contributed by atoms with van der Waals surface area (Å²) in [6.45, 7) is 1.79. The molecule has 6 heteroatoms. The number of nitrogens with zero attached hydrogens (tertiary/aromatic N) is 1. The first-order valence-corrected chi connectivity index (χ1v) is 10.8. The Balaban J connectivity index is 1.83. The third-order valence-electron chi connectivity index (χ3n) is 5.26. The van der Waals surface area contributed by atoms with Crippen molar-refractivity contribution in [3.05, 3.63) is 101 Å². The molecule has 1 amide bonds. The van der Waals surface area contributed by atoms with Crippen LogP contribution in [0.25, 0.3) is 0 Å². The topological polar surface area (TPSA) is 54.5 Å². The summed E-state index contributed by atoms with van der Waals surface area (Å²) in [6.07, 6.45) is -0.0208. The summed E-state index contributed by atoms with van der Waals surface area (Å²) < 4.78 is 41.4. The van der Waals surface area contributed by atoms with Crippen molar-refractivity contribution in [3.8, 4) is 0 Å². The molecular weight excluding hydrogens is 389 g/mol. The van der Waals surface area contributed by atoms with E-state index in [0.717, 1.165) is 21.0 Å². The van der Waals surface area contributed by atoms with Crippen LogP contribution >= 0.6 is 0 Å². The highest BCUT2D eigenvalue weighted by atomic mass is 32.2. The van der Waals surface area contributed by atoms with Crippen LogP contribution in [0.5, 0.6) is 0 Å². The highest BCUT2D eigenvalue weighted by Crippen LogP contribution is 2.34. The minimum Gasteiger partial charge on any atom is -0.273 e. The third-order valence-corrected chi connectivity index (χ3v) is 7.06. The molecule has 0 aromatic heterocycles. The summed E-state index contributed by atoms with van der Waals surface area (Å²) in [7, 11) is -4.03. The number of rotatable bonds is 3. The lowest BCUT2D eigenvalue weighted by atomic mass is 9.88. The molecule has 1 aliphatic rings. The van der Waals surface area contributed by atoms with Crippen molar-refractivity contribution in [3.63, 3.8) is 0 Å². The summed E-state index contributed by atoms with van der Waals surface area (Å²) >= 11 is 0. The van der Waals surface area contributed by atoms with Gasteiger partial charge in [0, 0.05) is 12.5 Å². The van der Waals surface area contributed by atoms with Crippen molar-refractivity contribution in [1.82, 2.24) is 4.31 Å². The van der Waals surface area contributed by atoms with Crippen LogP contribution in [0, 0.1) is 12.7 Å². The van der Waals surface area contributed by atoms with E-state index in [0.29, 0.717) is 5.56 Å². The fraction of sp³-hybridized carbons (Fsp3) is 0.174. The van der Waals surface area contributed by atoms with Crippen LogP contribution in [-0.2, 0) is 21.2 Å². The number of aryl methyl sites for hydroxylation is 1. The van der Waals surface area contributed by atoms with E-state index in [1.165, 1.54) is 24.3 Å². The highest BCUT2D eigenvalue weighted by molar-refractivity contribution is 7.89.